The molecule has 1 aromatic rings. The van der Waals surface area contributed by atoms with Crippen LogP contribution >= 0.6 is 11.6 Å². The third-order valence-corrected chi connectivity index (χ3v) is 3.06. The molecule has 3 heteroatoms. The molecule has 1 fully saturated rings. The van der Waals surface area contributed by atoms with Gasteiger partial charge >= 0.3 is 0 Å². The molecule has 0 amide bonds. The molecule has 0 spiro atoms. The summed E-state index contributed by atoms with van der Waals surface area (Å²) in [4.78, 5) is 0. The maximum Gasteiger partial charge on any atom is 0.123 e. The van der Waals surface area contributed by atoms with Gasteiger partial charge in [-0.15, -0.1) is 0 Å². The normalized spacial score (nSPS) is 16.7. The highest BCUT2D eigenvalue weighted by atomic mass is 35.5. The van der Waals surface area contributed by atoms with Crippen molar-refractivity contribution in [2.24, 2.45) is 0 Å². The maximum absolute atomic E-state index is 12.9. The third-order valence-electron chi connectivity index (χ3n) is 2.69. The van der Waals surface area contributed by atoms with E-state index in [1.807, 2.05) is 0 Å². The molecule has 76 valence electrons. The summed E-state index contributed by atoms with van der Waals surface area (Å²) in [6, 6.07) is 5.09. The Balaban J connectivity index is 1.96. The quantitative estimate of drug-likeness (QED) is 0.814. The van der Waals surface area contributed by atoms with Gasteiger partial charge in [0.2, 0.25) is 0 Å². The second kappa shape index (κ2) is 4.28. The summed E-state index contributed by atoms with van der Waals surface area (Å²) in [5.41, 5.74) is 0.846. The lowest BCUT2D eigenvalue weighted by atomic mass is 9.93. The second-order valence-electron chi connectivity index (χ2n) is 3.74. The van der Waals surface area contributed by atoms with E-state index in [9.17, 15) is 4.39 Å². The van der Waals surface area contributed by atoms with Crippen molar-refractivity contribution in [1.82, 2.24) is 5.32 Å². The van der Waals surface area contributed by atoms with E-state index in [4.69, 9.17) is 11.6 Å². The van der Waals surface area contributed by atoms with Crippen LogP contribution in [0.25, 0.3) is 0 Å². The Morgan fingerprint density at radius 3 is 2.86 bits per heavy atom. The van der Waals surface area contributed by atoms with Gasteiger partial charge in [0.15, 0.2) is 0 Å². The first kappa shape index (κ1) is 9.94. The van der Waals surface area contributed by atoms with Gasteiger partial charge in [-0.1, -0.05) is 18.0 Å². The Bertz CT molecular complexity index is 323. The number of hydrogen-bond acceptors (Lipinski definition) is 1. The molecule has 0 saturated heterocycles. The van der Waals surface area contributed by atoms with Crippen molar-refractivity contribution in [3.8, 4) is 0 Å². The van der Waals surface area contributed by atoms with Gasteiger partial charge in [-0.25, -0.2) is 4.39 Å². The lowest BCUT2D eigenvalue weighted by Gasteiger charge is -2.26. The van der Waals surface area contributed by atoms with Crippen LogP contribution in [0.1, 0.15) is 24.8 Å². The minimum atomic E-state index is -0.222. The molecule has 1 nitrogen and oxygen atoms in total. The van der Waals surface area contributed by atoms with Gasteiger partial charge < -0.3 is 5.32 Å². The zero-order valence-corrected chi connectivity index (χ0v) is 8.65. The minimum absolute atomic E-state index is 0.222. The molecule has 1 aliphatic carbocycles. The van der Waals surface area contributed by atoms with Crippen LogP contribution in [0.2, 0.25) is 5.02 Å². The molecule has 0 aliphatic heterocycles. The fourth-order valence-electron chi connectivity index (χ4n) is 1.55. The molecule has 1 saturated carbocycles. The van der Waals surface area contributed by atoms with Crippen molar-refractivity contribution < 1.29 is 4.39 Å². The van der Waals surface area contributed by atoms with Crippen molar-refractivity contribution in [3.05, 3.63) is 34.6 Å². The SMILES string of the molecule is Fc1ccc(Cl)c(CNC2CCC2)c1. The molecule has 0 unspecified atom stereocenters. The molecule has 0 bridgehead atoms. The lowest BCUT2D eigenvalue weighted by molar-refractivity contribution is 0.338. The van der Waals surface area contributed by atoms with E-state index >= 15 is 0 Å². The summed E-state index contributed by atoms with van der Waals surface area (Å²) in [5, 5.41) is 3.99. The van der Waals surface area contributed by atoms with Gasteiger partial charge in [-0.2, -0.15) is 0 Å². The summed E-state index contributed by atoms with van der Waals surface area (Å²) in [5.74, 6) is -0.222. The summed E-state index contributed by atoms with van der Waals surface area (Å²) in [7, 11) is 0. The first-order valence-corrected chi connectivity index (χ1v) is 5.31. The number of benzene rings is 1. The molecule has 0 atom stereocenters. The Morgan fingerprint density at radius 1 is 1.43 bits per heavy atom. The Kier molecular flexibility index (Phi) is 3.04. The monoisotopic (exact) mass is 213 g/mol. The van der Waals surface area contributed by atoms with Crippen LogP contribution in [0, 0.1) is 5.82 Å². The van der Waals surface area contributed by atoms with E-state index in [1.165, 1.54) is 31.4 Å². The first-order chi connectivity index (χ1) is 6.75. The van der Waals surface area contributed by atoms with Crippen LogP contribution in [0.4, 0.5) is 4.39 Å². The highest BCUT2D eigenvalue weighted by Crippen LogP contribution is 2.21. The molecule has 0 aromatic heterocycles. The standard InChI is InChI=1S/C11H13ClFN/c12-11-5-4-9(13)6-8(11)7-14-10-2-1-3-10/h4-6,10,14H,1-3,7H2. The van der Waals surface area contributed by atoms with Gasteiger partial charge in [0.05, 0.1) is 0 Å². The topological polar surface area (TPSA) is 12.0 Å². The maximum atomic E-state index is 12.9. The second-order valence-corrected chi connectivity index (χ2v) is 4.15. The summed E-state index contributed by atoms with van der Waals surface area (Å²) in [6.07, 6.45) is 3.76. The largest absolute Gasteiger partial charge is 0.310 e. The molecule has 1 aliphatic rings. The Hall–Kier alpha value is -0.600. The molecule has 14 heavy (non-hydrogen) atoms. The minimum Gasteiger partial charge on any atom is -0.310 e. The molecule has 0 heterocycles. The van der Waals surface area contributed by atoms with Crippen LogP contribution in [0.15, 0.2) is 18.2 Å². The average molecular weight is 214 g/mol. The summed E-state index contributed by atoms with van der Waals surface area (Å²) < 4.78 is 12.9. The van der Waals surface area contributed by atoms with Crippen molar-refractivity contribution in [1.29, 1.82) is 0 Å². The fraction of sp³-hybridized carbons (Fsp3) is 0.455. The Morgan fingerprint density at radius 2 is 2.21 bits per heavy atom. The van der Waals surface area contributed by atoms with E-state index in [-0.39, 0.29) is 5.82 Å². The van der Waals surface area contributed by atoms with Gasteiger partial charge in [-0.3, -0.25) is 0 Å². The predicted octanol–water partition coefficient (Wildman–Crippen LogP) is 3.12. The van der Waals surface area contributed by atoms with Crippen molar-refractivity contribution >= 4 is 11.6 Å². The first-order valence-electron chi connectivity index (χ1n) is 4.93. The molecule has 2 rings (SSSR count). The van der Waals surface area contributed by atoms with Crippen LogP contribution in [-0.4, -0.2) is 6.04 Å². The molecule has 1 aromatic carbocycles. The van der Waals surface area contributed by atoms with E-state index in [1.54, 1.807) is 6.07 Å². The van der Waals surface area contributed by atoms with Gasteiger partial charge in [0, 0.05) is 17.6 Å². The highest BCUT2D eigenvalue weighted by Gasteiger charge is 2.16. The fourth-order valence-corrected chi connectivity index (χ4v) is 1.73. The number of hydrogen-bond donors (Lipinski definition) is 1. The van der Waals surface area contributed by atoms with E-state index in [0.29, 0.717) is 17.6 Å². The van der Waals surface area contributed by atoms with Crippen molar-refractivity contribution in [2.45, 2.75) is 31.8 Å². The lowest BCUT2D eigenvalue weighted by Crippen LogP contribution is -2.34. The van der Waals surface area contributed by atoms with E-state index in [2.05, 4.69) is 5.32 Å². The van der Waals surface area contributed by atoms with Gasteiger partial charge in [-0.05, 0) is 36.6 Å². The summed E-state index contributed by atoms with van der Waals surface area (Å²) >= 11 is 5.93. The van der Waals surface area contributed by atoms with Gasteiger partial charge in [0.1, 0.15) is 5.82 Å². The number of nitrogens with one attached hydrogen (secondary N) is 1. The predicted molar refractivity (Wildman–Crippen MR) is 55.9 cm³/mol. The van der Waals surface area contributed by atoms with Crippen molar-refractivity contribution in [3.63, 3.8) is 0 Å². The average Bonchev–Trinajstić information content (AvgIpc) is 2.08. The van der Waals surface area contributed by atoms with Crippen LogP contribution < -0.4 is 5.32 Å². The van der Waals surface area contributed by atoms with Crippen LogP contribution in [0.3, 0.4) is 0 Å². The number of rotatable bonds is 3. The van der Waals surface area contributed by atoms with E-state index < -0.39 is 0 Å². The molecular formula is C11H13ClFN. The smallest absolute Gasteiger partial charge is 0.123 e. The number of halogens is 2. The van der Waals surface area contributed by atoms with Crippen molar-refractivity contribution in [2.75, 3.05) is 0 Å². The van der Waals surface area contributed by atoms with Crippen LogP contribution in [0.5, 0.6) is 0 Å². The molecule has 0 radical (unpaired) electrons. The van der Waals surface area contributed by atoms with Crippen LogP contribution in [-0.2, 0) is 6.54 Å². The summed E-state index contributed by atoms with van der Waals surface area (Å²) in [6.45, 7) is 0.668. The van der Waals surface area contributed by atoms with E-state index in [0.717, 1.165) is 5.56 Å². The molecule has 1 N–H and O–H groups in total. The Labute approximate surface area is 88.3 Å². The molecular weight excluding hydrogens is 201 g/mol. The zero-order chi connectivity index (χ0) is 9.97. The highest BCUT2D eigenvalue weighted by molar-refractivity contribution is 6.31. The van der Waals surface area contributed by atoms with Gasteiger partial charge in [0.25, 0.3) is 0 Å². The third kappa shape index (κ3) is 2.25. The zero-order valence-electron chi connectivity index (χ0n) is 7.89.